The molecule has 54 valence electrons. The zero-order valence-corrected chi connectivity index (χ0v) is 5.18. The first-order valence-electron chi connectivity index (χ1n) is 2.95. The molecule has 0 aliphatic rings. The summed E-state index contributed by atoms with van der Waals surface area (Å²) < 4.78 is 0. The van der Waals surface area contributed by atoms with Crippen LogP contribution in [0.15, 0.2) is 4.99 Å². The number of hydrogen-bond donors (Lipinski definition) is 0. The van der Waals surface area contributed by atoms with Gasteiger partial charge in [0.2, 0.25) is 6.08 Å². The second-order valence-electron chi connectivity index (χ2n) is 1.68. The van der Waals surface area contributed by atoms with Crippen molar-refractivity contribution in [2.75, 3.05) is 6.54 Å². The van der Waals surface area contributed by atoms with Gasteiger partial charge in [0.25, 0.3) is 0 Å². The van der Waals surface area contributed by atoms with Crippen molar-refractivity contribution in [1.82, 2.24) is 0 Å². The zero-order chi connectivity index (χ0) is 6.24. The van der Waals surface area contributed by atoms with Gasteiger partial charge in [-0.25, -0.2) is 9.79 Å². The molecule has 0 saturated carbocycles. The van der Waals surface area contributed by atoms with Crippen LogP contribution in [0.3, 0.4) is 0 Å². The molecule has 0 amide bonds. The van der Waals surface area contributed by atoms with E-state index in [1.54, 1.807) is 0 Å². The molecule has 0 radical (unpaired) electrons. The van der Waals surface area contributed by atoms with Crippen LogP contribution in [-0.2, 0) is 4.79 Å². The van der Waals surface area contributed by atoms with Crippen LogP contribution < -0.4 is 0 Å². The molecule has 0 aliphatic heterocycles. The van der Waals surface area contributed by atoms with Gasteiger partial charge in [0.15, 0.2) is 0 Å². The summed E-state index contributed by atoms with van der Waals surface area (Å²) in [5, 5.41) is 0. The number of aliphatic imine (C=N–C) groups is 1. The van der Waals surface area contributed by atoms with Crippen molar-refractivity contribution < 1.29 is 4.79 Å². The molecule has 0 atom stereocenters. The predicted molar refractivity (Wildman–Crippen MR) is 43.8 cm³/mol. The van der Waals surface area contributed by atoms with Crippen molar-refractivity contribution >= 4 is 17.0 Å². The van der Waals surface area contributed by atoms with Gasteiger partial charge in [-0.3, -0.25) is 0 Å². The Morgan fingerprint density at radius 2 is 2.11 bits per heavy atom. The van der Waals surface area contributed by atoms with Gasteiger partial charge in [-0.1, -0.05) is 19.8 Å². The number of rotatable bonds is 4. The number of nitrogens with zero attached hydrogens (tertiary/aromatic N) is 1. The number of carbonyl (C=O) groups excluding carboxylic acids is 1. The Kier molecular flexibility index (Phi) is 13.4. The molecule has 0 N–H and O–H groups in total. The lowest BCUT2D eigenvalue weighted by Crippen LogP contribution is -1.77. The van der Waals surface area contributed by atoms with E-state index in [1.165, 1.54) is 12.5 Å². The molecule has 0 spiro atoms. The first kappa shape index (κ1) is 11.4. The van der Waals surface area contributed by atoms with Crippen molar-refractivity contribution in [2.45, 2.75) is 26.2 Å². The van der Waals surface area contributed by atoms with Crippen LogP contribution in [0.4, 0.5) is 0 Å². The summed E-state index contributed by atoms with van der Waals surface area (Å²) in [5.74, 6) is 0. The number of isocyanates is 1. The molecule has 0 bridgehead atoms. The minimum atomic E-state index is 0. The van der Waals surface area contributed by atoms with Gasteiger partial charge in [-0.05, 0) is 17.4 Å². The third-order valence-corrected chi connectivity index (χ3v) is 0.938. The van der Waals surface area contributed by atoms with Crippen LogP contribution in [0.2, 0.25) is 0 Å². The summed E-state index contributed by atoms with van der Waals surface area (Å²) >= 11 is 0. The van der Waals surface area contributed by atoms with Gasteiger partial charge in [0, 0.05) is 0 Å². The van der Waals surface area contributed by atoms with Crippen LogP contribution in [0.1, 0.15) is 26.2 Å². The molecule has 0 unspecified atom stereocenters. The van der Waals surface area contributed by atoms with E-state index < -0.39 is 0 Å². The van der Waals surface area contributed by atoms with Crippen molar-refractivity contribution in [3.8, 4) is 0 Å². The topological polar surface area (TPSA) is 29.4 Å². The number of unbranched alkanes of at least 4 members (excludes halogenated alkanes) is 2. The Hall–Kier alpha value is -0.403. The highest BCUT2D eigenvalue weighted by Gasteiger charge is 1.79. The molecule has 2 nitrogen and oxygen atoms in total. The van der Waals surface area contributed by atoms with Gasteiger partial charge in [-0.15, -0.1) is 0 Å². The van der Waals surface area contributed by atoms with Crippen molar-refractivity contribution in [3.63, 3.8) is 0 Å². The van der Waals surface area contributed by atoms with Gasteiger partial charge < -0.3 is 0 Å². The molecule has 0 heterocycles. The Bertz CT molecular complexity index is 89.1. The molecule has 0 rings (SSSR count). The maximum Gasteiger partial charge on any atom is 0.234 e. The molecule has 0 aliphatic carbocycles. The van der Waals surface area contributed by atoms with Crippen LogP contribution in [0.25, 0.3) is 0 Å². The fourth-order valence-electron chi connectivity index (χ4n) is 0.487. The standard InChI is InChI=1S/C6H11NO.H4Si/c1-2-3-4-5-7-6-8;/h2-5H2,1H3;1H4. The summed E-state index contributed by atoms with van der Waals surface area (Å²) in [6.07, 6.45) is 4.85. The summed E-state index contributed by atoms with van der Waals surface area (Å²) in [4.78, 5) is 12.9. The maximum atomic E-state index is 9.48. The first-order chi connectivity index (χ1) is 3.91. The quantitative estimate of drug-likeness (QED) is 0.238. The van der Waals surface area contributed by atoms with E-state index in [1.807, 2.05) is 0 Å². The highest BCUT2D eigenvalue weighted by Crippen LogP contribution is 1.91. The largest absolute Gasteiger partial charge is 0.234 e. The SMILES string of the molecule is CCCCCN=C=O.[SiH4]. The van der Waals surface area contributed by atoms with Crippen LogP contribution in [0.5, 0.6) is 0 Å². The van der Waals surface area contributed by atoms with E-state index in [0.29, 0.717) is 6.54 Å². The van der Waals surface area contributed by atoms with Gasteiger partial charge in [-0.2, -0.15) is 0 Å². The monoisotopic (exact) mass is 145 g/mol. The highest BCUT2D eigenvalue weighted by atomic mass is 28.1. The van der Waals surface area contributed by atoms with Crippen LogP contribution >= 0.6 is 0 Å². The average Bonchev–Trinajstić information content (AvgIpc) is 1.81. The van der Waals surface area contributed by atoms with E-state index in [9.17, 15) is 4.79 Å². The lowest BCUT2D eigenvalue weighted by molar-refractivity contribution is 0.561. The zero-order valence-electron chi connectivity index (χ0n) is 5.18. The third-order valence-electron chi connectivity index (χ3n) is 0.938. The second kappa shape index (κ2) is 10.6. The molecule has 0 aromatic heterocycles. The maximum absolute atomic E-state index is 9.48. The summed E-state index contributed by atoms with van der Waals surface area (Å²) in [6.45, 7) is 2.77. The lowest BCUT2D eigenvalue weighted by Gasteiger charge is -1.86. The van der Waals surface area contributed by atoms with Crippen molar-refractivity contribution in [1.29, 1.82) is 0 Å². The molecule has 3 heteroatoms. The molecule has 9 heavy (non-hydrogen) atoms. The Labute approximate surface area is 60.4 Å². The van der Waals surface area contributed by atoms with E-state index in [0.717, 1.165) is 12.8 Å². The molecule has 0 fully saturated rings. The van der Waals surface area contributed by atoms with E-state index in [4.69, 9.17) is 0 Å². The van der Waals surface area contributed by atoms with Crippen molar-refractivity contribution in [2.24, 2.45) is 4.99 Å². The Morgan fingerprint density at radius 1 is 1.44 bits per heavy atom. The Balaban J connectivity index is 0. The first-order valence-corrected chi connectivity index (χ1v) is 2.95. The summed E-state index contributed by atoms with van der Waals surface area (Å²) in [5.41, 5.74) is 0. The third kappa shape index (κ3) is 11.3. The van der Waals surface area contributed by atoms with Crippen LogP contribution in [-0.4, -0.2) is 23.6 Å². The summed E-state index contributed by atoms with van der Waals surface area (Å²) in [7, 11) is 0. The fourth-order valence-corrected chi connectivity index (χ4v) is 0.487. The smallest absolute Gasteiger partial charge is 0.211 e. The fraction of sp³-hybridized carbons (Fsp3) is 0.833. The second-order valence-corrected chi connectivity index (χ2v) is 1.68. The molecular formula is C6H15NOSi. The highest BCUT2D eigenvalue weighted by molar-refractivity contribution is 5.75. The molecular weight excluding hydrogens is 130 g/mol. The molecule has 0 aromatic carbocycles. The van der Waals surface area contributed by atoms with E-state index >= 15 is 0 Å². The molecule has 0 aromatic rings. The predicted octanol–water partition coefficient (Wildman–Crippen LogP) is 0.0608. The molecule has 0 saturated heterocycles. The van der Waals surface area contributed by atoms with Gasteiger partial charge in [0.05, 0.1) is 6.54 Å². The van der Waals surface area contributed by atoms with E-state index in [2.05, 4.69) is 11.9 Å². The normalized spacial score (nSPS) is 7.22. The number of hydrogen-bond acceptors (Lipinski definition) is 2. The lowest BCUT2D eigenvalue weighted by atomic mass is 10.3. The average molecular weight is 145 g/mol. The van der Waals surface area contributed by atoms with Crippen LogP contribution in [0, 0.1) is 0 Å². The van der Waals surface area contributed by atoms with Gasteiger partial charge >= 0.3 is 0 Å². The van der Waals surface area contributed by atoms with Gasteiger partial charge in [0.1, 0.15) is 0 Å². The van der Waals surface area contributed by atoms with Crippen molar-refractivity contribution in [3.05, 3.63) is 0 Å². The minimum Gasteiger partial charge on any atom is -0.211 e. The van der Waals surface area contributed by atoms with E-state index in [-0.39, 0.29) is 11.0 Å². The minimum absolute atomic E-state index is 0. The summed E-state index contributed by atoms with van der Waals surface area (Å²) in [6, 6.07) is 0. The Morgan fingerprint density at radius 3 is 2.56 bits per heavy atom.